The van der Waals surface area contributed by atoms with Gasteiger partial charge in [-0.2, -0.15) is 0 Å². The first-order valence-corrected chi connectivity index (χ1v) is 27.6. The van der Waals surface area contributed by atoms with Gasteiger partial charge < -0.3 is 24.2 Å². The van der Waals surface area contributed by atoms with E-state index in [0.29, 0.717) is 19.3 Å². The maximum atomic E-state index is 12.8. The van der Waals surface area contributed by atoms with Gasteiger partial charge in [-0.25, -0.2) is 4.57 Å². The van der Waals surface area contributed by atoms with Crippen molar-refractivity contribution in [1.82, 2.24) is 0 Å². The molecule has 11 nitrogen and oxygen atoms in total. The average Bonchev–Trinajstić information content (AvgIpc) is 3.32. The SMILES string of the molecule is CC/C=C\C/C=C\C/C=C\C/C=C\CCCCC(=O)OC(COC(=O)CCCCCCC/C=C\CCCC)COP(=O)(O)OCC(CO)OC(=O)CCCCCCC/C=C\C/C=C\C/C=C\CC. The van der Waals surface area contributed by atoms with Crippen LogP contribution in [-0.4, -0.2) is 66.5 Å². The van der Waals surface area contributed by atoms with Gasteiger partial charge in [0.25, 0.3) is 0 Å². The Morgan fingerprint density at radius 2 is 0.765 bits per heavy atom. The Kier molecular flexibility index (Phi) is 47.2. The Labute approximate surface area is 412 Å². The van der Waals surface area contributed by atoms with Crippen molar-refractivity contribution in [2.75, 3.05) is 26.4 Å². The number of phosphoric ester groups is 1. The van der Waals surface area contributed by atoms with Crippen molar-refractivity contribution >= 4 is 25.7 Å². The summed E-state index contributed by atoms with van der Waals surface area (Å²) in [4.78, 5) is 48.3. The number of unbranched alkanes of at least 4 members (excludes halogenated alkanes) is 14. The lowest BCUT2D eigenvalue weighted by atomic mass is 10.1. The van der Waals surface area contributed by atoms with Gasteiger partial charge in [0.15, 0.2) is 6.10 Å². The number of esters is 3. The lowest BCUT2D eigenvalue weighted by Crippen LogP contribution is -2.30. The topological polar surface area (TPSA) is 155 Å². The van der Waals surface area contributed by atoms with E-state index in [9.17, 15) is 28.9 Å². The van der Waals surface area contributed by atoms with E-state index in [1.807, 2.05) is 0 Å². The second-order valence-corrected chi connectivity index (χ2v) is 18.4. The zero-order chi connectivity index (χ0) is 49.9. The van der Waals surface area contributed by atoms with Crippen molar-refractivity contribution < 1.29 is 52.2 Å². The molecule has 0 saturated heterocycles. The molecule has 0 aliphatic carbocycles. The van der Waals surface area contributed by atoms with Crippen molar-refractivity contribution in [2.45, 2.75) is 213 Å². The smallest absolute Gasteiger partial charge is 0.462 e. The standard InChI is InChI=1S/C56H93O11P/c1-4-7-10-13-16-19-22-24-26-28-31-34-37-40-43-46-55(59)66-52(48-57)50-64-68(61,62)65-51-53(49-63-54(58)45-42-39-36-33-30-21-18-15-12-9-6-3)67-56(60)47-44-41-38-35-32-29-27-25-23-20-17-14-11-8-5-2/h7-8,10-11,15-20,24-27,32,35,52-53,57H,4-6,9,12-14,21-23,28-31,33-34,36-51H2,1-3H3,(H,61,62)/b10-7-,11-8-,18-15-,19-16-,20-17-,26-24-,27-25-,35-32-. The van der Waals surface area contributed by atoms with Gasteiger partial charge in [-0.05, 0) is 109 Å². The summed E-state index contributed by atoms with van der Waals surface area (Å²) in [5.41, 5.74) is 0. The van der Waals surface area contributed by atoms with Crippen molar-refractivity contribution in [1.29, 1.82) is 0 Å². The van der Waals surface area contributed by atoms with Crippen LogP contribution < -0.4 is 0 Å². The third-order valence-electron chi connectivity index (χ3n) is 10.5. The quantitative estimate of drug-likeness (QED) is 0.0197. The molecule has 0 saturated carbocycles. The predicted octanol–water partition coefficient (Wildman–Crippen LogP) is 14.9. The highest BCUT2D eigenvalue weighted by molar-refractivity contribution is 7.47. The third kappa shape index (κ3) is 47.5. The number of rotatable bonds is 47. The molecule has 3 atom stereocenters. The third-order valence-corrected chi connectivity index (χ3v) is 11.4. The molecule has 0 amide bonds. The molecule has 68 heavy (non-hydrogen) atoms. The summed E-state index contributed by atoms with van der Waals surface area (Å²) in [6.07, 6.45) is 56.7. The van der Waals surface area contributed by atoms with E-state index in [-0.39, 0.29) is 25.9 Å². The van der Waals surface area contributed by atoms with Crippen LogP contribution in [0.5, 0.6) is 0 Å². The molecule has 0 spiro atoms. The van der Waals surface area contributed by atoms with Crippen LogP contribution in [0.15, 0.2) is 97.2 Å². The first-order chi connectivity index (χ1) is 33.2. The monoisotopic (exact) mass is 973 g/mol. The minimum atomic E-state index is -4.76. The van der Waals surface area contributed by atoms with E-state index in [4.69, 9.17) is 23.3 Å². The molecule has 0 heterocycles. The highest BCUT2D eigenvalue weighted by atomic mass is 31.2. The van der Waals surface area contributed by atoms with Gasteiger partial charge in [-0.3, -0.25) is 23.4 Å². The number of phosphoric acid groups is 1. The van der Waals surface area contributed by atoms with Crippen LogP contribution in [0.3, 0.4) is 0 Å². The Morgan fingerprint density at radius 1 is 0.426 bits per heavy atom. The fourth-order valence-corrected chi connectivity index (χ4v) is 7.30. The number of aliphatic hydroxyl groups excluding tert-OH is 1. The first-order valence-electron chi connectivity index (χ1n) is 26.1. The number of allylic oxidation sites excluding steroid dienone is 16. The largest absolute Gasteiger partial charge is 0.472 e. The van der Waals surface area contributed by atoms with Crippen LogP contribution >= 0.6 is 7.82 Å². The highest BCUT2D eigenvalue weighted by Gasteiger charge is 2.28. The maximum Gasteiger partial charge on any atom is 0.472 e. The molecule has 0 bridgehead atoms. The van der Waals surface area contributed by atoms with Gasteiger partial charge in [0.2, 0.25) is 0 Å². The van der Waals surface area contributed by atoms with Crippen LogP contribution in [-0.2, 0) is 42.2 Å². The number of hydrogen-bond donors (Lipinski definition) is 2. The summed E-state index contributed by atoms with van der Waals surface area (Å²) in [5, 5.41) is 9.78. The molecular formula is C56H93O11P. The lowest BCUT2D eigenvalue weighted by molar-refractivity contribution is -0.161. The molecule has 0 aliphatic rings. The number of carbonyl (C=O) groups is 3. The minimum Gasteiger partial charge on any atom is -0.462 e. The van der Waals surface area contributed by atoms with Gasteiger partial charge in [0.1, 0.15) is 12.7 Å². The van der Waals surface area contributed by atoms with Crippen LogP contribution in [0.1, 0.15) is 201 Å². The number of hydrogen-bond acceptors (Lipinski definition) is 10. The highest BCUT2D eigenvalue weighted by Crippen LogP contribution is 2.43. The van der Waals surface area contributed by atoms with Crippen LogP contribution in [0, 0.1) is 0 Å². The number of ether oxygens (including phenoxy) is 3. The normalized spacial score (nSPS) is 14.2. The fourth-order valence-electron chi connectivity index (χ4n) is 6.52. The van der Waals surface area contributed by atoms with Crippen LogP contribution in [0.4, 0.5) is 0 Å². The summed E-state index contributed by atoms with van der Waals surface area (Å²) in [5.74, 6) is -1.55. The molecule has 0 aromatic carbocycles. The van der Waals surface area contributed by atoms with Crippen LogP contribution in [0.2, 0.25) is 0 Å². The number of aliphatic hydroxyl groups is 1. The van der Waals surface area contributed by atoms with Gasteiger partial charge in [-0.1, -0.05) is 169 Å². The molecule has 0 radical (unpaired) electrons. The van der Waals surface area contributed by atoms with Gasteiger partial charge in [-0.15, -0.1) is 0 Å². The second kappa shape index (κ2) is 49.8. The molecule has 388 valence electrons. The Hall–Kier alpha value is -3.60. The van der Waals surface area contributed by atoms with Gasteiger partial charge in [0.05, 0.1) is 19.8 Å². The van der Waals surface area contributed by atoms with E-state index in [1.165, 1.54) is 12.8 Å². The predicted molar refractivity (Wildman–Crippen MR) is 279 cm³/mol. The molecule has 12 heteroatoms. The molecule has 2 N–H and O–H groups in total. The molecule has 0 aliphatic heterocycles. The van der Waals surface area contributed by atoms with Crippen LogP contribution in [0.25, 0.3) is 0 Å². The molecule has 0 fully saturated rings. The fraction of sp³-hybridized carbons (Fsp3) is 0.661. The first kappa shape index (κ1) is 64.4. The maximum absolute atomic E-state index is 12.8. The van der Waals surface area contributed by atoms with Gasteiger partial charge in [0, 0.05) is 19.3 Å². The molecule has 3 unspecified atom stereocenters. The molecule has 0 aromatic heterocycles. The summed E-state index contributed by atoms with van der Waals surface area (Å²) in [6.45, 7) is 4.27. The van der Waals surface area contributed by atoms with Crippen molar-refractivity contribution in [3.63, 3.8) is 0 Å². The minimum absolute atomic E-state index is 0.108. The Bertz CT molecular complexity index is 1510. The number of carbonyl (C=O) groups excluding carboxylic acids is 3. The second-order valence-electron chi connectivity index (χ2n) is 16.9. The summed E-state index contributed by atoms with van der Waals surface area (Å²) in [7, 11) is -4.76. The van der Waals surface area contributed by atoms with E-state index in [0.717, 1.165) is 128 Å². The van der Waals surface area contributed by atoms with Crippen molar-refractivity contribution in [3.05, 3.63) is 97.2 Å². The summed E-state index contributed by atoms with van der Waals surface area (Å²) in [6, 6.07) is 0. The van der Waals surface area contributed by atoms with Crippen molar-refractivity contribution in [2.24, 2.45) is 0 Å². The van der Waals surface area contributed by atoms with Gasteiger partial charge >= 0.3 is 25.7 Å². The molecule has 0 aromatic rings. The van der Waals surface area contributed by atoms with Crippen molar-refractivity contribution in [3.8, 4) is 0 Å². The summed E-state index contributed by atoms with van der Waals surface area (Å²) < 4.78 is 39.3. The molecule has 0 rings (SSSR count). The zero-order valence-corrected chi connectivity index (χ0v) is 43.4. The average molecular weight is 973 g/mol. The van der Waals surface area contributed by atoms with E-state index >= 15 is 0 Å². The van der Waals surface area contributed by atoms with E-state index in [1.54, 1.807) is 0 Å². The van der Waals surface area contributed by atoms with E-state index < -0.39 is 57.8 Å². The Morgan fingerprint density at radius 3 is 1.22 bits per heavy atom. The van der Waals surface area contributed by atoms with E-state index in [2.05, 4.69) is 118 Å². The lowest BCUT2D eigenvalue weighted by Gasteiger charge is -2.21. The summed E-state index contributed by atoms with van der Waals surface area (Å²) >= 11 is 0. The Balaban J connectivity index is 4.81. The molecular weight excluding hydrogens is 880 g/mol. The zero-order valence-electron chi connectivity index (χ0n) is 42.5.